The van der Waals surface area contributed by atoms with E-state index in [-0.39, 0.29) is 10.8 Å². The number of hydrogen-bond donors (Lipinski definition) is 1. The van der Waals surface area contributed by atoms with Crippen molar-refractivity contribution in [1.82, 2.24) is 0 Å². The Morgan fingerprint density at radius 3 is 2.16 bits per heavy atom. The van der Waals surface area contributed by atoms with Crippen LogP contribution in [0.4, 0.5) is 11.4 Å². The lowest BCUT2D eigenvalue weighted by molar-refractivity contribution is -0.116. The minimum absolute atomic E-state index is 0.0861. The molecule has 2 aromatic rings. The Morgan fingerprint density at radius 2 is 1.64 bits per heavy atom. The predicted octanol–water partition coefficient (Wildman–Crippen LogP) is 3.10. The molecule has 0 saturated heterocycles. The van der Waals surface area contributed by atoms with Crippen molar-refractivity contribution in [1.29, 1.82) is 0 Å². The molecule has 0 aromatic heterocycles. The number of nitrogens with zero attached hydrogens (tertiary/aromatic N) is 1. The van der Waals surface area contributed by atoms with E-state index in [9.17, 15) is 13.2 Å². The molecule has 0 radical (unpaired) electrons. The SMILES string of the molecule is COc1cc(C)c(C)cc1S(=O)(=O)Nc1ccc(N(C)C(C)=O)cc1. The van der Waals surface area contributed by atoms with Crippen LogP contribution in [0, 0.1) is 13.8 Å². The minimum Gasteiger partial charge on any atom is -0.495 e. The topological polar surface area (TPSA) is 75.7 Å². The Hall–Kier alpha value is -2.54. The van der Waals surface area contributed by atoms with Crippen LogP contribution in [0.5, 0.6) is 5.75 Å². The van der Waals surface area contributed by atoms with Gasteiger partial charge in [0.15, 0.2) is 0 Å². The number of hydrogen-bond acceptors (Lipinski definition) is 4. The number of ether oxygens (including phenoxy) is 1. The molecule has 0 fully saturated rings. The number of carbonyl (C=O) groups excluding carboxylic acids is 1. The van der Waals surface area contributed by atoms with Crippen molar-refractivity contribution in [3.63, 3.8) is 0 Å². The molecule has 0 atom stereocenters. The molecule has 0 aliphatic rings. The zero-order valence-corrected chi connectivity index (χ0v) is 15.8. The maximum absolute atomic E-state index is 12.7. The Labute approximate surface area is 148 Å². The zero-order valence-electron chi connectivity index (χ0n) is 15.0. The second-order valence-corrected chi connectivity index (χ2v) is 7.47. The summed E-state index contributed by atoms with van der Waals surface area (Å²) in [5.41, 5.74) is 2.90. The van der Waals surface area contributed by atoms with Crippen molar-refractivity contribution < 1.29 is 17.9 Å². The highest BCUT2D eigenvalue weighted by Crippen LogP contribution is 2.29. The fourth-order valence-electron chi connectivity index (χ4n) is 2.28. The number of sulfonamides is 1. The summed E-state index contributed by atoms with van der Waals surface area (Å²) in [6.45, 7) is 5.20. The lowest BCUT2D eigenvalue weighted by Gasteiger charge is -2.16. The lowest BCUT2D eigenvalue weighted by atomic mass is 10.1. The van der Waals surface area contributed by atoms with Gasteiger partial charge in [-0.05, 0) is 61.4 Å². The van der Waals surface area contributed by atoms with Crippen molar-refractivity contribution in [2.75, 3.05) is 23.8 Å². The summed E-state index contributed by atoms with van der Waals surface area (Å²) in [7, 11) is -0.706. The second kappa shape index (κ2) is 7.14. The molecule has 0 spiro atoms. The van der Waals surface area contributed by atoms with Gasteiger partial charge >= 0.3 is 0 Å². The van der Waals surface area contributed by atoms with Crippen LogP contribution >= 0.6 is 0 Å². The number of benzene rings is 2. The van der Waals surface area contributed by atoms with Crippen molar-refractivity contribution in [3.8, 4) is 5.75 Å². The number of rotatable bonds is 5. The smallest absolute Gasteiger partial charge is 0.265 e. The fourth-order valence-corrected chi connectivity index (χ4v) is 3.57. The van der Waals surface area contributed by atoms with E-state index in [0.29, 0.717) is 17.1 Å². The Balaban J connectivity index is 2.33. The van der Waals surface area contributed by atoms with Gasteiger partial charge in [0.25, 0.3) is 10.0 Å². The van der Waals surface area contributed by atoms with E-state index in [2.05, 4.69) is 4.72 Å². The molecular weight excluding hydrogens is 340 g/mol. The quantitative estimate of drug-likeness (QED) is 0.887. The number of amides is 1. The Kier molecular flexibility index (Phi) is 5.37. The van der Waals surface area contributed by atoms with Crippen LogP contribution in [0.15, 0.2) is 41.3 Å². The summed E-state index contributed by atoms with van der Waals surface area (Å²) in [6.07, 6.45) is 0. The first kappa shape index (κ1) is 18.8. The summed E-state index contributed by atoms with van der Waals surface area (Å²) in [5, 5.41) is 0. The highest BCUT2D eigenvalue weighted by molar-refractivity contribution is 7.92. The molecule has 2 aromatic carbocycles. The van der Waals surface area contributed by atoms with Gasteiger partial charge in [-0.1, -0.05) is 0 Å². The lowest BCUT2D eigenvalue weighted by Crippen LogP contribution is -2.22. The maximum atomic E-state index is 12.7. The van der Waals surface area contributed by atoms with Gasteiger partial charge in [0.05, 0.1) is 7.11 Å². The standard InChI is InChI=1S/C18H22N2O4S/c1-12-10-17(24-5)18(11-13(12)2)25(22,23)19-15-6-8-16(9-7-15)20(4)14(3)21/h6-11,19H,1-5H3. The zero-order chi connectivity index (χ0) is 18.8. The van der Waals surface area contributed by atoms with Gasteiger partial charge in [0, 0.05) is 25.3 Å². The number of anilines is 2. The minimum atomic E-state index is -3.80. The number of nitrogens with one attached hydrogen (secondary N) is 1. The summed E-state index contributed by atoms with van der Waals surface area (Å²) in [5.74, 6) is 0.191. The van der Waals surface area contributed by atoms with E-state index in [1.807, 2.05) is 13.8 Å². The highest BCUT2D eigenvalue weighted by Gasteiger charge is 2.21. The second-order valence-electron chi connectivity index (χ2n) is 5.82. The third-order valence-corrected chi connectivity index (χ3v) is 5.45. The first-order valence-electron chi connectivity index (χ1n) is 7.68. The molecule has 0 aliphatic carbocycles. The molecular formula is C18H22N2O4S. The van der Waals surface area contributed by atoms with Gasteiger partial charge in [-0.3, -0.25) is 9.52 Å². The van der Waals surface area contributed by atoms with Crippen molar-refractivity contribution in [2.45, 2.75) is 25.7 Å². The normalized spacial score (nSPS) is 11.1. The number of methoxy groups -OCH3 is 1. The maximum Gasteiger partial charge on any atom is 0.265 e. The third kappa shape index (κ3) is 4.11. The molecule has 0 unspecified atom stereocenters. The van der Waals surface area contributed by atoms with Gasteiger partial charge in [-0.25, -0.2) is 8.42 Å². The highest BCUT2D eigenvalue weighted by atomic mass is 32.2. The van der Waals surface area contributed by atoms with E-state index in [4.69, 9.17) is 4.74 Å². The predicted molar refractivity (Wildman–Crippen MR) is 98.8 cm³/mol. The monoisotopic (exact) mass is 362 g/mol. The average Bonchev–Trinajstić information content (AvgIpc) is 2.56. The molecule has 0 heterocycles. The summed E-state index contributed by atoms with van der Waals surface area (Å²) < 4.78 is 33.2. The van der Waals surface area contributed by atoms with E-state index in [0.717, 1.165) is 11.1 Å². The Bertz CT molecular complexity index is 890. The Morgan fingerprint density at radius 1 is 1.08 bits per heavy atom. The molecule has 0 bridgehead atoms. The van der Waals surface area contributed by atoms with Crippen LogP contribution in [-0.2, 0) is 14.8 Å². The first-order chi connectivity index (χ1) is 11.7. The van der Waals surface area contributed by atoms with Crippen molar-refractivity contribution in [2.24, 2.45) is 0 Å². The number of aryl methyl sites for hydroxylation is 2. The van der Waals surface area contributed by atoms with Gasteiger partial charge in [0.1, 0.15) is 10.6 Å². The van der Waals surface area contributed by atoms with Gasteiger partial charge < -0.3 is 9.64 Å². The molecule has 6 nitrogen and oxygen atoms in total. The first-order valence-corrected chi connectivity index (χ1v) is 9.16. The van der Waals surface area contributed by atoms with E-state index >= 15 is 0 Å². The van der Waals surface area contributed by atoms with Crippen LogP contribution in [0.2, 0.25) is 0 Å². The molecule has 0 saturated carbocycles. The summed E-state index contributed by atoms with van der Waals surface area (Å²) in [6, 6.07) is 9.87. The summed E-state index contributed by atoms with van der Waals surface area (Å²) >= 11 is 0. The largest absolute Gasteiger partial charge is 0.495 e. The molecule has 2 rings (SSSR count). The van der Waals surface area contributed by atoms with Crippen LogP contribution in [0.3, 0.4) is 0 Å². The van der Waals surface area contributed by atoms with E-state index in [1.54, 1.807) is 43.4 Å². The van der Waals surface area contributed by atoms with Gasteiger partial charge in [-0.2, -0.15) is 0 Å². The average molecular weight is 362 g/mol. The summed E-state index contributed by atoms with van der Waals surface area (Å²) in [4.78, 5) is 12.9. The third-order valence-electron chi connectivity index (χ3n) is 4.05. The van der Waals surface area contributed by atoms with Crippen LogP contribution in [0.1, 0.15) is 18.1 Å². The number of carbonyl (C=O) groups is 1. The van der Waals surface area contributed by atoms with Gasteiger partial charge in [0.2, 0.25) is 5.91 Å². The molecule has 134 valence electrons. The van der Waals surface area contributed by atoms with Crippen molar-refractivity contribution in [3.05, 3.63) is 47.5 Å². The molecule has 0 aliphatic heterocycles. The molecule has 7 heteroatoms. The van der Waals surface area contributed by atoms with Crippen LogP contribution in [-0.4, -0.2) is 28.5 Å². The van der Waals surface area contributed by atoms with Crippen molar-refractivity contribution >= 4 is 27.3 Å². The molecule has 25 heavy (non-hydrogen) atoms. The molecule has 1 amide bonds. The molecule has 1 N–H and O–H groups in total. The van der Waals surface area contributed by atoms with Gasteiger partial charge in [-0.15, -0.1) is 0 Å². The van der Waals surface area contributed by atoms with Crippen LogP contribution in [0.25, 0.3) is 0 Å². The van der Waals surface area contributed by atoms with E-state index < -0.39 is 10.0 Å². The fraction of sp³-hybridized carbons (Fsp3) is 0.278. The van der Waals surface area contributed by atoms with Crippen LogP contribution < -0.4 is 14.4 Å². The van der Waals surface area contributed by atoms with E-state index in [1.165, 1.54) is 18.9 Å².